The van der Waals surface area contributed by atoms with Crippen molar-refractivity contribution in [1.29, 1.82) is 0 Å². The molecule has 1 aromatic carbocycles. The Morgan fingerprint density at radius 1 is 1.36 bits per heavy atom. The number of rotatable bonds is 5. The first-order valence-electron chi connectivity index (χ1n) is 7.74. The Bertz CT molecular complexity index is 875. The summed E-state index contributed by atoms with van der Waals surface area (Å²) in [5.74, 6) is 0.328. The van der Waals surface area contributed by atoms with Crippen LogP contribution in [0.25, 0.3) is 0 Å². The highest BCUT2D eigenvalue weighted by atomic mass is 32.2. The smallest absolute Gasteiger partial charge is 0.264 e. The molecule has 1 amide bonds. The van der Waals surface area contributed by atoms with Crippen LogP contribution in [0.3, 0.4) is 0 Å². The summed E-state index contributed by atoms with van der Waals surface area (Å²) in [5.41, 5.74) is 1.97. The first-order chi connectivity index (χ1) is 11.8. The Labute approximate surface area is 150 Å². The lowest BCUT2D eigenvalue weighted by Gasteiger charge is -2.23. The predicted octanol–water partition coefficient (Wildman–Crippen LogP) is 1.79. The van der Waals surface area contributed by atoms with Gasteiger partial charge in [-0.3, -0.25) is 10.1 Å². The highest BCUT2D eigenvalue weighted by Crippen LogP contribution is 2.29. The standard InChI is InChI=1S/C16H19N3O4S2/c1-11-3-5-12(6-4-11)23-10-15(20)18-16-17-13-7-8-19(25(2,21)22)9-14(13)24-16/h3-6H,7-10H2,1-2H3,(H,17,18,20). The van der Waals surface area contributed by atoms with Crippen molar-refractivity contribution in [2.45, 2.75) is 19.9 Å². The number of aryl methyl sites for hydroxylation is 1. The van der Waals surface area contributed by atoms with E-state index in [1.165, 1.54) is 21.9 Å². The van der Waals surface area contributed by atoms with E-state index in [-0.39, 0.29) is 12.5 Å². The zero-order chi connectivity index (χ0) is 18.0. The molecule has 0 unspecified atom stereocenters. The van der Waals surface area contributed by atoms with Crippen LogP contribution < -0.4 is 10.1 Å². The second-order valence-corrected chi connectivity index (χ2v) is 8.95. The first kappa shape index (κ1) is 17.8. The molecule has 134 valence electrons. The molecule has 9 heteroatoms. The molecule has 0 radical (unpaired) electrons. The van der Waals surface area contributed by atoms with Crippen molar-refractivity contribution in [2.75, 3.05) is 24.7 Å². The summed E-state index contributed by atoms with van der Waals surface area (Å²) in [6.45, 7) is 2.59. The number of benzene rings is 1. The number of hydrogen-bond acceptors (Lipinski definition) is 6. The summed E-state index contributed by atoms with van der Waals surface area (Å²) >= 11 is 1.30. The molecule has 25 heavy (non-hydrogen) atoms. The molecule has 3 rings (SSSR count). The van der Waals surface area contributed by atoms with Crippen LogP contribution in [-0.4, -0.2) is 43.0 Å². The van der Waals surface area contributed by atoms with Gasteiger partial charge in [0, 0.05) is 24.4 Å². The fourth-order valence-corrected chi connectivity index (χ4v) is 4.36. The van der Waals surface area contributed by atoms with Crippen molar-refractivity contribution in [2.24, 2.45) is 0 Å². The van der Waals surface area contributed by atoms with Gasteiger partial charge in [-0.25, -0.2) is 13.4 Å². The van der Waals surface area contributed by atoms with Gasteiger partial charge in [-0.1, -0.05) is 17.7 Å². The molecule has 1 aliphatic heterocycles. The Hall–Kier alpha value is -1.97. The third kappa shape index (κ3) is 4.56. The molecule has 0 spiro atoms. The van der Waals surface area contributed by atoms with Crippen molar-refractivity contribution in [3.8, 4) is 5.75 Å². The van der Waals surface area contributed by atoms with E-state index in [2.05, 4.69) is 10.3 Å². The van der Waals surface area contributed by atoms with E-state index >= 15 is 0 Å². The molecule has 0 saturated carbocycles. The maximum absolute atomic E-state index is 12.0. The third-order valence-electron chi connectivity index (χ3n) is 3.80. The fraction of sp³-hybridized carbons (Fsp3) is 0.375. The van der Waals surface area contributed by atoms with Crippen molar-refractivity contribution in [1.82, 2.24) is 9.29 Å². The van der Waals surface area contributed by atoms with Crippen molar-refractivity contribution >= 4 is 32.4 Å². The molecule has 2 heterocycles. The fourth-order valence-electron chi connectivity index (χ4n) is 2.45. The van der Waals surface area contributed by atoms with E-state index in [9.17, 15) is 13.2 Å². The van der Waals surface area contributed by atoms with Gasteiger partial charge < -0.3 is 4.74 Å². The van der Waals surface area contributed by atoms with Crippen LogP contribution >= 0.6 is 11.3 Å². The van der Waals surface area contributed by atoms with Crippen LogP contribution in [0, 0.1) is 6.92 Å². The zero-order valence-electron chi connectivity index (χ0n) is 14.0. The number of hydrogen-bond donors (Lipinski definition) is 1. The lowest BCUT2D eigenvalue weighted by Crippen LogP contribution is -2.34. The molecule has 1 aromatic heterocycles. The number of amides is 1. The molecular formula is C16H19N3O4S2. The van der Waals surface area contributed by atoms with Gasteiger partial charge in [0.2, 0.25) is 10.0 Å². The van der Waals surface area contributed by atoms with Crippen LogP contribution in [0.5, 0.6) is 5.75 Å². The normalized spacial score (nSPS) is 14.8. The number of fused-ring (bicyclic) bond motifs is 1. The van der Waals surface area contributed by atoms with Crippen LogP contribution in [-0.2, 0) is 27.8 Å². The topological polar surface area (TPSA) is 88.6 Å². The molecule has 1 aliphatic rings. The molecule has 1 N–H and O–H groups in total. The van der Waals surface area contributed by atoms with Gasteiger partial charge in [0.25, 0.3) is 5.91 Å². The van der Waals surface area contributed by atoms with Crippen LogP contribution in [0.4, 0.5) is 5.13 Å². The quantitative estimate of drug-likeness (QED) is 0.853. The van der Waals surface area contributed by atoms with Crippen LogP contribution in [0.1, 0.15) is 16.1 Å². The zero-order valence-corrected chi connectivity index (χ0v) is 15.6. The van der Waals surface area contributed by atoms with E-state index < -0.39 is 10.0 Å². The van der Waals surface area contributed by atoms with Crippen molar-refractivity contribution in [3.05, 3.63) is 40.4 Å². The number of nitrogens with one attached hydrogen (secondary N) is 1. The molecule has 0 atom stereocenters. The van der Waals surface area contributed by atoms with Gasteiger partial charge in [0.1, 0.15) is 5.75 Å². The lowest BCUT2D eigenvalue weighted by molar-refractivity contribution is -0.118. The van der Waals surface area contributed by atoms with E-state index in [1.807, 2.05) is 31.2 Å². The molecule has 0 aliphatic carbocycles. The molecule has 0 bridgehead atoms. The Kier molecular flexibility index (Phi) is 5.07. The van der Waals surface area contributed by atoms with Crippen molar-refractivity contribution < 1.29 is 17.9 Å². The SMILES string of the molecule is Cc1ccc(OCC(=O)Nc2nc3c(s2)CN(S(C)(=O)=O)CC3)cc1. The third-order valence-corrected chi connectivity index (χ3v) is 6.05. The first-order valence-corrected chi connectivity index (χ1v) is 10.4. The molecule has 0 fully saturated rings. The summed E-state index contributed by atoms with van der Waals surface area (Å²) < 4.78 is 30.1. The molecule has 2 aromatic rings. The molecule has 0 saturated heterocycles. The Balaban J connectivity index is 1.58. The minimum atomic E-state index is -3.22. The maximum Gasteiger partial charge on any atom is 0.264 e. The highest BCUT2D eigenvalue weighted by molar-refractivity contribution is 7.88. The van der Waals surface area contributed by atoms with Gasteiger partial charge in [-0.2, -0.15) is 4.31 Å². The van der Waals surface area contributed by atoms with Gasteiger partial charge in [-0.15, -0.1) is 11.3 Å². The average Bonchev–Trinajstić information content (AvgIpc) is 2.94. The Morgan fingerprint density at radius 2 is 2.08 bits per heavy atom. The largest absolute Gasteiger partial charge is 0.484 e. The summed E-state index contributed by atoms with van der Waals surface area (Å²) in [6, 6.07) is 7.44. The van der Waals surface area contributed by atoms with E-state index in [0.717, 1.165) is 16.1 Å². The monoisotopic (exact) mass is 381 g/mol. The Morgan fingerprint density at radius 3 is 2.76 bits per heavy atom. The van der Waals surface area contributed by atoms with E-state index in [0.29, 0.717) is 30.4 Å². The van der Waals surface area contributed by atoms with Gasteiger partial charge in [-0.05, 0) is 19.1 Å². The summed E-state index contributed by atoms with van der Waals surface area (Å²) in [4.78, 5) is 17.3. The number of ether oxygens (including phenoxy) is 1. The number of nitrogens with zero attached hydrogens (tertiary/aromatic N) is 2. The summed E-state index contributed by atoms with van der Waals surface area (Å²) in [6.07, 6.45) is 1.75. The van der Waals surface area contributed by atoms with Gasteiger partial charge in [0.15, 0.2) is 11.7 Å². The molecule has 7 nitrogen and oxygen atoms in total. The lowest BCUT2D eigenvalue weighted by atomic mass is 10.2. The second-order valence-electron chi connectivity index (χ2n) is 5.89. The number of aromatic nitrogens is 1. The number of thiazole rings is 1. The average molecular weight is 381 g/mol. The van der Waals surface area contributed by atoms with Crippen LogP contribution in [0.2, 0.25) is 0 Å². The van der Waals surface area contributed by atoms with Gasteiger partial charge in [0.05, 0.1) is 11.9 Å². The predicted molar refractivity (Wildman–Crippen MR) is 96.4 cm³/mol. The number of sulfonamides is 1. The second kappa shape index (κ2) is 7.11. The van der Waals surface area contributed by atoms with Gasteiger partial charge >= 0.3 is 0 Å². The maximum atomic E-state index is 12.0. The highest BCUT2D eigenvalue weighted by Gasteiger charge is 2.26. The summed E-state index contributed by atoms with van der Waals surface area (Å²) in [5, 5.41) is 3.18. The number of carbonyl (C=O) groups is 1. The van der Waals surface area contributed by atoms with E-state index in [4.69, 9.17) is 4.74 Å². The number of anilines is 1. The van der Waals surface area contributed by atoms with Crippen LogP contribution in [0.15, 0.2) is 24.3 Å². The van der Waals surface area contributed by atoms with Crippen molar-refractivity contribution in [3.63, 3.8) is 0 Å². The summed E-state index contributed by atoms with van der Waals surface area (Å²) in [7, 11) is -3.22. The number of carbonyl (C=O) groups excluding carboxylic acids is 1. The van der Waals surface area contributed by atoms with E-state index in [1.54, 1.807) is 0 Å². The molecular weight excluding hydrogens is 362 g/mol. The minimum absolute atomic E-state index is 0.108. The minimum Gasteiger partial charge on any atom is -0.484 e.